The third-order valence-corrected chi connectivity index (χ3v) is 14.3. The van der Waals surface area contributed by atoms with Crippen molar-refractivity contribution in [2.45, 2.75) is 199 Å². The summed E-state index contributed by atoms with van der Waals surface area (Å²) in [6.07, 6.45) is 56.9. The fourth-order valence-corrected chi connectivity index (χ4v) is 11.9. The molecule has 0 N–H and O–H groups in total. The molecule has 8 bridgehead atoms. The van der Waals surface area contributed by atoms with E-state index in [1.807, 2.05) is 0 Å². The van der Waals surface area contributed by atoms with Crippen molar-refractivity contribution >= 4 is 0 Å². The van der Waals surface area contributed by atoms with Gasteiger partial charge in [-0.05, 0) is 136 Å². The van der Waals surface area contributed by atoms with Crippen LogP contribution in [0.15, 0.2) is 24.3 Å². The van der Waals surface area contributed by atoms with Crippen molar-refractivity contribution < 1.29 is 0 Å². The summed E-state index contributed by atoms with van der Waals surface area (Å²) < 4.78 is 0. The average Bonchev–Trinajstić information content (AvgIpc) is 3.86. The normalized spacial score (nSPS) is 42.0. The zero-order valence-corrected chi connectivity index (χ0v) is 30.0. The molecule has 13 aliphatic carbocycles. The lowest BCUT2D eigenvalue weighted by atomic mass is 9.56. The van der Waals surface area contributed by atoms with Crippen molar-refractivity contribution in [3.05, 3.63) is 24.3 Å². The van der Waals surface area contributed by atoms with E-state index in [1.54, 1.807) is 64.2 Å². The zero-order chi connectivity index (χ0) is 30.5. The Kier molecular flexibility index (Phi) is 14.4. The number of fused-ring (bicyclic) bond motifs is 11. The van der Waals surface area contributed by atoms with Crippen LogP contribution >= 0.6 is 0 Å². The largest absolute Gasteiger partial charge is 0.0880 e. The Morgan fingerprint density at radius 2 is 0.578 bits per heavy atom. The number of rotatable bonds is 0. The molecule has 9 saturated carbocycles. The highest BCUT2D eigenvalue weighted by Crippen LogP contribution is 2.53. The predicted molar refractivity (Wildman–Crippen MR) is 196 cm³/mol. The van der Waals surface area contributed by atoms with Crippen molar-refractivity contribution in [2.75, 3.05) is 0 Å². The summed E-state index contributed by atoms with van der Waals surface area (Å²) >= 11 is 0. The van der Waals surface area contributed by atoms with Crippen LogP contribution < -0.4 is 0 Å². The molecule has 0 saturated heterocycles. The first-order valence-corrected chi connectivity index (χ1v) is 21.6. The van der Waals surface area contributed by atoms with Crippen LogP contribution in [0.2, 0.25) is 0 Å². The molecule has 0 heteroatoms. The second-order valence-electron chi connectivity index (χ2n) is 18.3. The smallest absolute Gasteiger partial charge is 0.0234 e. The van der Waals surface area contributed by atoms with Crippen LogP contribution in [0.25, 0.3) is 0 Å². The first-order chi connectivity index (χ1) is 22.3. The standard InChI is InChI=1S/2C11H18.C10H16.C10H18.C3H6/c2*1-4-10-6-2-7-11(5-1)9-3-8-10;1-7-2-9-4-8(1)5-10(3-7)6-9;1-2-6-10-8-4-3-7-9(10)5-1;1-2-3-1/h2*1,4,10-11H,2-3,5-9H2;7-10H,1-6H2;9-10H,1-8H2;1-3H2. The first kappa shape index (κ1) is 34.3. The fraction of sp³-hybridized carbons (Fsp3) is 0.911. The molecule has 0 atom stereocenters. The third kappa shape index (κ3) is 12.1. The maximum Gasteiger partial charge on any atom is -0.0234 e. The molecule has 0 nitrogen and oxygen atoms in total. The summed E-state index contributed by atoms with van der Waals surface area (Å²) in [7, 11) is 0. The number of allylic oxidation sites excluding steroid dienone is 4. The van der Waals surface area contributed by atoms with Crippen molar-refractivity contribution in [3.63, 3.8) is 0 Å². The van der Waals surface area contributed by atoms with Gasteiger partial charge < -0.3 is 0 Å². The van der Waals surface area contributed by atoms with E-state index in [0.29, 0.717) is 0 Å². The highest BCUT2D eigenvalue weighted by molar-refractivity contribution is 4.95. The van der Waals surface area contributed by atoms with Crippen LogP contribution in [0.3, 0.4) is 0 Å². The maximum absolute atomic E-state index is 2.48. The van der Waals surface area contributed by atoms with E-state index in [1.165, 1.54) is 159 Å². The Labute approximate surface area is 281 Å². The molecular formula is C45H76. The number of hydrogen-bond acceptors (Lipinski definition) is 0. The molecule has 13 aliphatic rings. The van der Waals surface area contributed by atoms with Gasteiger partial charge >= 0.3 is 0 Å². The Morgan fingerprint density at radius 3 is 0.867 bits per heavy atom. The molecule has 9 fully saturated rings. The van der Waals surface area contributed by atoms with E-state index in [4.69, 9.17) is 0 Å². The monoisotopic (exact) mass is 617 g/mol. The van der Waals surface area contributed by atoms with E-state index in [9.17, 15) is 0 Å². The van der Waals surface area contributed by atoms with E-state index in [2.05, 4.69) is 24.3 Å². The zero-order valence-electron chi connectivity index (χ0n) is 30.0. The highest BCUT2D eigenvalue weighted by atomic mass is 14.5. The molecule has 0 heterocycles. The van der Waals surface area contributed by atoms with Crippen LogP contribution in [0.4, 0.5) is 0 Å². The Morgan fingerprint density at radius 1 is 0.267 bits per heavy atom. The van der Waals surface area contributed by atoms with Crippen molar-refractivity contribution in [1.82, 2.24) is 0 Å². The second-order valence-corrected chi connectivity index (χ2v) is 18.3. The molecule has 0 radical (unpaired) electrons. The molecule has 0 aromatic carbocycles. The minimum Gasteiger partial charge on any atom is -0.0880 e. The average molecular weight is 617 g/mol. The SMILES string of the molecule is C1=CC2CCCC(C1)CCC2.C1=CC2CCCC(C1)CCC2.C1C2CC3CC1CC(C2)C3.C1CC1.C1CCC2CCCCC2C1. The van der Waals surface area contributed by atoms with Gasteiger partial charge in [0.05, 0.1) is 0 Å². The summed E-state index contributed by atoms with van der Waals surface area (Å²) in [5, 5.41) is 0. The van der Waals surface area contributed by atoms with Gasteiger partial charge in [0.2, 0.25) is 0 Å². The van der Waals surface area contributed by atoms with Crippen LogP contribution in [0, 0.1) is 59.2 Å². The van der Waals surface area contributed by atoms with Crippen LogP contribution in [0.5, 0.6) is 0 Å². The lowest BCUT2D eigenvalue weighted by Gasteiger charge is -2.49. The molecule has 256 valence electrons. The fourth-order valence-electron chi connectivity index (χ4n) is 11.9. The third-order valence-electron chi connectivity index (χ3n) is 14.3. The van der Waals surface area contributed by atoms with E-state index in [-0.39, 0.29) is 0 Å². The first-order valence-electron chi connectivity index (χ1n) is 21.6. The summed E-state index contributed by atoms with van der Waals surface area (Å²) in [5.41, 5.74) is 0. The maximum atomic E-state index is 2.48. The van der Waals surface area contributed by atoms with Crippen molar-refractivity contribution in [3.8, 4) is 0 Å². The predicted octanol–water partition coefficient (Wildman–Crippen LogP) is 14.4. The van der Waals surface area contributed by atoms with Crippen LogP contribution in [-0.2, 0) is 0 Å². The Bertz CT molecular complexity index is 720. The van der Waals surface area contributed by atoms with Gasteiger partial charge in [0.25, 0.3) is 0 Å². The van der Waals surface area contributed by atoms with Gasteiger partial charge in [-0.25, -0.2) is 0 Å². The Hall–Kier alpha value is -0.520. The highest BCUT2D eigenvalue weighted by Gasteiger charge is 2.41. The molecule has 0 amide bonds. The van der Waals surface area contributed by atoms with Gasteiger partial charge in [0.1, 0.15) is 0 Å². The quantitative estimate of drug-likeness (QED) is 0.238. The van der Waals surface area contributed by atoms with Crippen LogP contribution in [0.1, 0.15) is 199 Å². The minimum absolute atomic E-state index is 0.941. The molecule has 13 rings (SSSR count). The van der Waals surface area contributed by atoms with Crippen LogP contribution in [-0.4, -0.2) is 0 Å². The molecule has 0 aromatic rings. The van der Waals surface area contributed by atoms with E-state index < -0.39 is 0 Å². The Balaban J connectivity index is 0.000000102. The molecule has 0 unspecified atom stereocenters. The second kappa shape index (κ2) is 18.9. The molecule has 0 aromatic heterocycles. The van der Waals surface area contributed by atoms with Gasteiger partial charge in [0, 0.05) is 0 Å². The van der Waals surface area contributed by atoms with Gasteiger partial charge in [-0.1, -0.05) is 146 Å². The lowest BCUT2D eigenvalue weighted by Crippen LogP contribution is -2.38. The topological polar surface area (TPSA) is 0 Å². The van der Waals surface area contributed by atoms with Gasteiger partial charge in [-0.15, -0.1) is 0 Å². The summed E-state index contributed by atoms with van der Waals surface area (Å²) in [6.45, 7) is 0. The van der Waals surface area contributed by atoms with Gasteiger partial charge in [-0.2, -0.15) is 0 Å². The molecular weight excluding hydrogens is 540 g/mol. The van der Waals surface area contributed by atoms with Crippen molar-refractivity contribution in [2.24, 2.45) is 59.2 Å². The minimum atomic E-state index is 0.941. The van der Waals surface area contributed by atoms with E-state index in [0.717, 1.165) is 35.5 Å². The van der Waals surface area contributed by atoms with Gasteiger partial charge in [0.15, 0.2) is 0 Å². The molecule has 0 spiro atoms. The summed E-state index contributed by atoms with van der Waals surface area (Å²) in [4.78, 5) is 0. The molecule has 0 aliphatic heterocycles. The summed E-state index contributed by atoms with van der Waals surface area (Å²) in [5.74, 6) is 11.0. The summed E-state index contributed by atoms with van der Waals surface area (Å²) in [6, 6.07) is 0. The van der Waals surface area contributed by atoms with Crippen molar-refractivity contribution in [1.29, 1.82) is 0 Å². The molecule has 45 heavy (non-hydrogen) atoms. The van der Waals surface area contributed by atoms with Gasteiger partial charge in [-0.3, -0.25) is 0 Å². The number of hydrogen-bond donors (Lipinski definition) is 0. The lowest BCUT2D eigenvalue weighted by molar-refractivity contribution is 0.0198. The van der Waals surface area contributed by atoms with E-state index >= 15 is 0 Å².